The molecule has 1 heterocycles. The van der Waals surface area contributed by atoms with E-state index >= 15 is 8.78 Å². The molecule has 3 aromatic rings. The van der Waals surface area contributed by atoms with Gasteiger partial charge in [0.25, 0.3) is 0 Å². The molecule has 5 N–H and O–H groups in total. The molecule has 2 amide bonds. The van der Waals surface area contributed by atoms with Crippen molar-refractivity contribution in [3.63, 3.8) is 0 Å². The Morgan fingerprint density at radius 1 is 0.881 bits per heavy atom. The van der Waals surface area contributed by atoms with Gasteiger partial charge in [0, 0.05) is 68.2 Å². The number of aliphatic hydroxyl groups is 1. The maximum atomic E-state index is 15.8. The molecule has 12 nitrogen and oxygen atoms in total. The van der Waals surface area contributed by atoms with Crippen molar-refractivity contribution in [1.82, 2.24) is 25.5 Å². The third-order valence-electron chi connectivity index (χ3n) is 11.1. The number of nitrogens with two attached hydrogens (primary N) is 1. The van der Waals surface area contributed by atoms with Gasteiger partial charge in [-0.3, -0.25) is 19.8 Å². The number of ketones is 2. The smallest absolute Gasteiger partial charge is 0.396 e. The molecule has 0 fully saturated rings. The normalized spacial score (nSPS) is 15.0. The van der Waals surface area contributed by atoms with Gasteiger partial charge in [0.1, 0.15) is 23.5 Å². The molecule has 0 aliphatic carbocycles. The first kappa shape index (κ1) is 55.5. The fourth-order valence-electron chi connectivity index (χ4n) is 6.86. The highest BCUT2D eigenvalue weighted by atomic mass is 19.4. The number of hydrogen-bond donors (Lipinski definition) is 4. The molecule has 67 heavy (non-hydrogen) atoms. The number of benzene rings is 2. The third kappa shape index (κ3) is 14.6. The van der Waals surface area contributed by atoms with Gasteiger partial charge in [-0.2, -0.15) is 49.0 Å². The van der Waals surface area contributed by atoms with Gasteiger partial charge in [0.15, 0.2) is 5.78 Å². The van der Waals surface area contributed by atoms with Crippen LogP contribution in [0.1, 0.15) is 77.6 Å². The van der Waals surface area contributed by atoms with Crippen molar-refractivity contribution in [3.8, 4) is 11.1 Å². The van der Waals surface area contributed by atoms with Crippen molar-refractivity contribution in [2.75, 3.05) is 6.54 Å². The number of aliphatic hydroxyl groups excluding tert-OH is 1. The lowest BCUT2D eigenvalue weighted by atomic mass is 9.75. The molecule has 0 saturated heterocycles. The number of halogens is 12. The van der Waals surface area contributed by atoms with Crippen LogP contribution in [0.25, 0.3) is 16.7 Å². The summed E-state index contributed by atoms with van der Waals surface area (Å²) in [5.41, 5.74) is 0.760. The average molecular weight is 972 g/mol. The van der Waals surface area contributed by atoms with Crippen LogP contribution in [0.2, 0.25) is 0 Å². The maximum absolute atomic E-state index is 15.8. The zero-order valence-corrected chi connectivity index (χ0v) is 36.8. The molecule has 0 aliphatic heterocycles. The van der Waals surface area contributed by atoms with E-state index in [9.17, 15) is 68.2 Å². The number of hydrazine groups is 1. The lowest BCUT2D eigenvalue weighted by Gasteiger charge is -2.38. The number of hydrogen-bond acceptors (Lipinski definition) is 9. The van der Waals surface area contributed by atoms with Crippen molar-refractivity contribution >= 4 is 35.2 Å². The van der Waals surface area contributed by atoms with Crippen LogP contribution in [-0.4, -0.2) is 87.1 Å². The Morgan fingerprint density at radius 2 is 1.45 bits per heavy atom. The van der Waals surface area contributed by atoms with E-state index in [-0.39, 0.29) is 16.7 Å². The van der Waals surface area contributed by atoms with E-state index < -0.39 is 139 Å². The Hall–Kier alpha value is -5.78. The van der Waals surface area contributed by atoms with Crippen molar-refractivity contribution in [1.29, 1.82) is 0 Å². The minimum Gasteiger partial charge on any atom is -0.404 e. The number of amides is 2. The van der Waals surface area contributed by atoms with E-state index in [4.69, 9.17) is 5.73 Å². The minimum atomic E-state index is -5.12. The predicted molar refractivity (Wildman–Crippen MR) is 219 cm³/mol. The van der Waals surface area contributed by atoms with E-state index in [1.807, 2.05) is 5.32 Å². The molecule has 0 unspecified atom stereocenters. The minimum absolute atomic E-state index is 0.235. The highest BCUT2D eigenvalue weighted by molar-refractivity contribution is 6.09. The number of carbonyl (C=O) groups excluding carboxylic acids is 4. The molecule has 0 saturated carbocycles. The number of alkyl halides is 10. The molecule has 2 aromatic carbocycles. The molecule has 24 heteroatoms. The fraction of sp³-hybridized carbons (Fsp3) is 0.488. The van der Waals surface area contributed by atoms with Gasteiger partial charge in [0.05, 0.1) is 29.0 Å². The summed E-state index contributed by atoms with van der Waals surface area (Å²) in [6, 6.07) is 4.61. The Balaban J connectivity index is 2.20. The number of aromatic nitrogens is 2. The molecule has 370 valence electrons. The Morgan fingerprint density at radius 3 is 1.91 bits per heavy atom. The summed E-state index contributed by atoms with van der Waals surface area (Å²) in [7, 11) is 0. The summed E-state index contributed by atoms with van der Waals surface area (Å²) in [5.74, 6) is -11.3. The van der Waals surface area contributed by atoms with Gasteiger partial charge in [-0.1, -0.05) is 38.1 Å². The second-order valence-corrected chi connectivity index (χ2v) is 16.9. The van der Waals surface area contributed by atoms with Crippen LogP contribution >= 0.6 is 0 Å². The van der Waals surface area contributed by atoms with Gasteiger partial charge in [-0.05, 0) is 61.9 Å². The molecule has 0 aliphatic rings. The highest BCUT2D eigenvalue weighted by Crippen LogP contribution is 2.45. The number of nitrogens with zero attached hydrogens (tertiary/aromatic N) is 4. The van der Waals surface area contributed by atoms with Gasteiger partial charge in [0.2, 0.25) is 11.8 Å². The number of rotatable bonds is 22. The first-order chi connectivity index (χ1) is 30.8. The standard InChI is InChI=1S/C43H49F12N7O5/c1-22(63)11-31(40(3,4)42(50,51)52)37(67)60-61(20-30-32(44)13-26(14-33(30)45)28(16-56)17-57-38(46)47)21-35(66)27(15-34(65)36(59-23(2)64)41(5,6)43(53,54)55)12-24-7-9-25(10-8-24)29-18-58-62(19-29)39(48)49/h7-10,13-14,16-19,27,31,35-36,38-39,66H,11-12,15,20-21,56H2,1-6H3,(H,59,64)(H,60,67)/t27-,31-,35+,36-/m1/s1. The second-order valence-electron chi connectivity index (χ2n) is 16.9. The lowest BCUT2D eigenvalue weighted by Crippen LogP contribution is -2.56. The quantitative estimate of drug-likeness (QED) is 0.0339. The monoisotopic (exact) mass is 971 g/mol. The molecule has 0 radical (unpaired) electrons. The number of nitrogens with one attached hydrogen (secondary N) is 2. The predicted octanol–water partition coefficient (Wildman–Crippen LogP) is 8.11. The summed E-state index contributed by atoms with van der Waals surface area (Å²) in [4.78, 5) is 54.9. The van der Waals surface area contributed by atoms with Crippen molar-refractivity contribution in [3.05, 3.63) is 83.3 Å². The lowest BCUT2D eigenvalue weighted by molar-refractivity contribution is -0.230. The largest absolute Gasteiger partial charge is 0.404 e. The molecule has 1 aromatic heterocycles. The molecule has 4 atom stereocenters. The molecule has 0 spiro atoms. The first-order valence-electron chi connectivity index (χ1n) is 20.1. The average Bonchev–Trinajstić information content (AvgIpc) is 3.70. The maximum Gasteiger partial charge on any atom is 0.396 e. The van der Waals surface area contributed by atoms with Gasteiger partial charge >= 0.3 is 25.5 Å². The van der Waals surface area contributed by atoms with Crippen LogP contribution in [0.3, 0.4) is 0 Å². The SMILES string of the molecule is CC(=O)C[C@H](C(=O)NN(Cc1c(F)cc(C(C=NC(F)F)=CN)cc1F)C[C@H](O)[C@@H](CC(=O)[C@@H](NC(C)=O)C(C)(C)C(F)(F)F)Cc1ccc(-c2cnn(C(F)F)c2)cc1)C(C)(C)C(F)(F)F. The zero-order chi connectivity index (χ0) is 51.0. The highest BCUT2D eigenvalue weighted by Gasteiger charge is 2.56. The Bertz CT molecular complexity index is 2250. The van der Waals surface area contributed by atoms with Crippen LogP contribution in [0.15, 0.2) is 60.0 Å². The summed E-state index contributed by atoms with van der Waals surface area (Å²) in [6.07, 6.45) is -11.3. The molecule has 3 rings (SSSR count). The van der Waals surface area contributed by atoms with E-state index in [1.165, 1.54) is 24.3 Å². The van der Waals surface area contributed by atoms with Crippen LogP contribution in [-0.2, 0) is 32.1 Å². The molecular formula is C43H49F12N7O5. The Labute approximate surface area is 376 Å². The topological polar surface area (TPSA) is 172 Å². The van der Waals surface area contributed by atoms with Crippen LogP contribution in [0.4, 0.5) is 52.7 Å². The summed E-state index contributed by atoms with van der Waals surface area (Å²) < 4.78 is 170. The Kier molecular flexibility index (Phi) is 18.5. The van der Waals surface area contributed by atoms with Crippen LogP contribution in [0.5, 0.6) is 0 Å². The van der Waals surface area contributed by atoms with E-state index in [0.29, 0.717) is 67.5 Å². The number of Topliss-reactive ketones (excluding diaryl/α,β-unsaturated/α-hetero) is 2. The first-order valence-corrected chi connectivity index (χ1v) is 20.1. The van der Waals surface area contributed by atoms with Crippen molar-refractivity contribution < 1.29 is 77.0 Å². The van der Waals surface area contributed by atoms with Gasteiger partial charge in [-0.25, -0.2) is 23.5 Å². The van der Waals surface area contributed by atoms with Crippen LogP contribution in [0, 0.1) is 34.3 Å². The summed E-state index contributed by atoms with van der Waals surface area (Å²) >= 11 is 0. The second kappa shape index (κ2) is 22.3. The van der Waals surface area contributed by atoms with Gasteiger partial charge < -0.3 is 21.0 Å². The summed E-state index contributed by atoms with van der Waals surface area (Å²) in [6.45, 7) is -4.13. The van der Waals surface area contributed by atoms with E-state index in [1.54, 1.807) is 0 Å². The zero-order valence-electron chi connectivity index (χ0n) is 36.8. The number of allylic oxidation sites excluding steroid dienone is 1. The van der Waals surface area contributed by atoms with Crippen molar-refractivity contribution in [2.24, 2.45) is 33.4 Å². The van der Waals surface area contributed by atoms with Crippen LogP contribution < -0.4 is 16.5 Å². The fourth-order valence-corrected chi connectivity index (χ4v) is 6.86. The molecular weight excluding hydrogens is 922 g/mol. The van der Waals surface area contributed by atoms with Gasteiger partial charge in [-0.15, -0.1) is 0 Å². The number of carbonyl (C=O) groups is 4. The van der Waals surface area contributed by atoms with Crippen molar-refractivity contribution in [2.45, 2.75) is 105 Å². The third-order valence-corrected chi connectivity index (χ3v) is 11.1. The number of aliphatic imine (C=N–C) groups is 1. The van der Waals surface area contributed by atoms with E-state index in [2.05, 4.69) is 15.5 Å². The summed E-state index contributed by atoms with van der Waals surface area (Å²) in [5, 5.41) is 18.0. The van der Waals surface area contributed by atoms with E-state index in [0.717, 1.165) is 26.2 Å². The molecule has 0 bridgehead atoms.